The van der Waals surface area contributed by atoms with Gasteiger partial charge in [0.2, 0.25) is 5.91 Å². The average molecular weight is 184 g/mol. The summed E-state index contributed by atoms with van der Waals surface area (Å²) >= 11 is 0. The Balaban J connectivity index is 2.51. The van der Waals surface area contributed by atoms with E-state index in [1.807, 2.05) is 0 Å². The van der Waals surface area contributed by atoms with Crippen LogP contribution in [0.5, 0.6) is 0 Å². The van der Waals surface area contributed by atoms with Gasteiger partial charge in [0.05, 0.1) is 12.1 Å². The molecule has 1 rings (SSSR count). The van der Waals surface area contributed by atoms with Gasteiger partial charge in [-0.25, -0.2) is 0 Å². The number of rotatable bonds is 3. The molecular weight excluding hydrogens is 172 g/mol. The quantitative estimate of drug-likeness (QED) is 0.542. The molecule has 0 aliphatic rings. The van der Waals surface area contributed by atoms with Crippen LogP contribution in [-0.4, -0.2) is 32.6 Å². The van der Waals surface area contributed by atoms with Crippen LogP contribution >= 0.6 is 0 Å². The van der Waals surface area contributed by atoms with Crippen molar-refractivity contribution in [3.8, 4) is 0 Å². The Morgan fingerprint density at radius 1 is 1.62 bits per heavy atom. The Labute approximate surface area is 75.1 Å². The van der Waals surface area contributed by atoms with Crippen molar-refractivity contribution in [3.05, 3.63) is 5.82 Å². The number of nitrogens with one attached hydrogen (secondary N) is 2. The van der Waals surface area contributed by atoms with Gasteiger partial charge in [0, 0.05) is 0 Å². The third kappa shape index (κ3) is 2.48. The summed E-state index contributed by atoms with van der Waals surface area (Å²) in [6.45, 7) is 3.36. The Morgan fingerprint density at radius 2 is 2.31 bits per heavy atom. The van der Waals surface area contributed by atoms with E-state index in [4.69, 9.17) is 5.73 Å². The number of nitrogens with zero attached hydrogens (tertiary/aromatic N) is 3. The van der Waals surface area contributed by atoms with E-state index in [0.29, 0.717) is 5.82 Å². The van der Waals surface area contributed by atoms with Gasteiger partial charge in [-0.1, -0.05) is 5.21 Å². The van der Waals surface area contributed by atoms with E-state index in [9.17, 15) is 4.79 Å². The number of nitrogens with two attached hydrogens (primary N) is 1. The van der Waals surface area contributed by atoms with Crippen LogP contribution in [0.4, 0.5) is 0 Å². The van der Waals surface area contributed by atoms with Gasteiger partial charge in [-0.3, -0.25) is 4.79 Å². The highest BCUT2D eigenvalue weighted by Crippen LogP contribution is 2.02. The summed E-state index contributed by atoms with van der Waals surface area (Å²) in [5.74, 6) is 0.200. The zero-order chi connectivity index (χ0) is 9.84. The summed E-state index contributed by atoms with van der Waals surface area (Å²) in [6, 6.07) is -0.813. The fourth-order valence-corrected chi connectivity index (χ4v) is 0.762. The largest absolute Gasteiger partial charge is 0.345 e. The lowest BCUT2D eigenvalue weighted by molar-refractivity contribution is -0.122. The van der Waals surface area contributed by atoms with Crippen molar-refractivity contribution in [2.24, 2.45) is 5.73 Å². The number of hydrogen-bond acceptors (Lipinski definition) is 5. The zero-order valence-corrected chi connectivity index (χ0v) is 7.48. The first kappa shape index (κ1) is 9.59. The van der Waals surface area contributed by atoms with Gasteiger partial charge in [0.15, 0.2) is 5.82 Å². The van der Waals surface area contributed by atoms with E-state index in [1.54, 1.807) is 13.8 Å². The van der Waals surface area contributed by atoms with Crippen LogP contribution in [0.2, 0.25) is 0 Å². The minimum Gasteiger partial charge on any atom is -0.345 e. The number of H-pyrrole nitrogens is 1. The highest BCUT2D eigenvalue weighted by Gasteiger charge is 2.15. The summed E-state index contributed by atoms with van der Waals surface area (Å²) in [5, 5.41) is 15.8. The topological polar surface area (TPSA) is 110 Å². The second-order valence-corrected chi connectivity index (χ2v) is 2.79. The van der Waals surface area contributed by atoms with Crippen LogP contribution in [0.15, 0.2) is 0 Å². The van der Waals surface area contributed by atoms with Gasteiger partial charge < -0.3 is 11.1 Å². The maximum Gasteiger partial charge on any atom is 0.237 e. The van der Waals surface area contributed by atoms with E-state index in [0.717, 1.165) is 0 Å². The molecule has 0 aromatic carbocycles. The summed E-state index contributed by atoms with van der Waals surface area (Å²) in [6.07, 6.45) is 0. The fourth-order valence-electron chi connectivity index (χ4n) is 0.762. The third-order valence-corrected chi connectivity index (χ3v) is 1.52. The molecule has 0 saturated heterocycles. The first-order chi connectivity index (χ1) is 6.11. The van der Waals surface area contributed by atoms with Crippen molar-refractivity contribution >= 4 is 5.91 Å². The third-order valence-electron chi connectivity index (χ3n) is 1.52. The van der Waals surface area contributed by atoms with E-state index in [-0.39, 0.29) is 11.9 Å². The number of hydrogen-bond donors (Lipinski definition) is 3. The first-order valence-corrected chi connectivity index (χ1v) is 3.90. The van der Waals surface area contributed by atoms with Crippen molar-refractivity contribution in [3.63, 3.8) is 0 Å². The number of amides is 1. The molecule has 0 aliphatic heterocycles. The van der Waals surface area contributed by atoms with Crippen LogP contribution < -0.4 is 11.1 Å². The molecule has 7 nitrogen and oxygen atoms in total. The molecule has 0 fully saturated rings. The van der Waals surface area contributed by atoms with Crippen molar-refractivity contribution in [2.75, 3.05) is 0 Å². The Morgan fingerprint density at radius 3 is 2.77 bits per heavy atom. The lowest BCUT2D eigenvalue weighted by atomic mass is 10.2. The average Bonchev–Trinajstić information content (AvgIpc) is 2.55. The maximum atomic E-state index is 11.1. The smallest absolute Gasteiger partial charge is 0.237 e. The summed E-state index contributed by atoms with van der Waals surface area (Å²) in [4.78, 5) is 11.1. The van der Waals surface area contributed by atoms with Crippen LogP contribution in [0.3, 0.4) is 0 Å². The molecule has 2 atom stereocenters. The van der Waals surface area contributed by atoms with Crippen LogP contribution in [0, 0.1) is 0 Å². The van der Waals surface area contributed by atoms with Gasteiger partial charge in [-0.15, -0.1) is 10.2 Å². The molecule has 0 bridgehead atoms. The van der Waals surface area contributed by atoms with Crippen molar-refractivity contribution in [1.29, 1.82) is 0 Å². The molecule has 4 N–H and O–H groups in total. The molecule has 72 valence electrons. The number of carbonyl (C=O) groups is 1. The van der Waals surface area contributed by atoms with Crippen molar-refractivity contribution in [2.45, 2.75) is 25.9 Å². The SMILES string of the molecule is CC(NC(=O)[C@H](C)N)c1nn[nH]n1. The van der Waals surface area contributed by atoms with Crippen LogP contribution in [0.25, 0.3) is 0 Å². The van der Waals surface area contributed by atoms with E-state index < -0.39 is 6.04 Å². The second kappa shape index (κ2) is 3.94. The highest BCUT2D eigenvalue weighted by molar-refractivity contribution is 5.81. The van der Waals surface area contributed by atoms with Gasteiger partial charge >= 0.3 is 0 Å². The minimum absolute atomic E-state index is 0.239. The molecule has 0 spiro atoms. The lowest BCUT2D eigenvalue weighted by Crippen LogP contribution is -2.39. The standard InChI is InChI=1S/C6H12N6O/c1-3(7)6(13)8-4(2)5-9-11-12-10-5/h3-4H,7H2,1-2H3,(H,8,13)(H,9,10,11,12)/t3-,4?/m0/s1. The molecule has 7 heteroatoms. The van der Waals surface area contributed by atoms with Crippen molar-refractivity contribution < 1.29 is 4.79 Å². The molecule has 1 amide bonds. The van der Waals surface area contributed by atoms with Gasteiger partial charge in [-0.05, 0) is 13.8 Å². The van der Waals surface area contributed by atoms with Crippen LogP contribution in [-0.2, 0) is 4.79 Å². The van der Waals surface area contributed by atoms with E-state index in [2.05, 4.69) is 25.9 Å². The molecule has 0 radical (unpaired) electrons. The van der Waals surface area contributed by atoms with E-state index in [1.165, 1.54) is 0 Å². The molecule has 0 aliphatic carbocycles. The summed E-state index contributed by atoms with van der Waals surface area (Å²) < 4.78 is 0. The Hall–Kier alpha value is -1.50. The normalized spacial score (nSPS) is 15.0. The zero-order valence-electron chi connectivity index (χ0n) is 7.48. The molecule has 1 unspecified atom stereocenters. The van der Waals surface area contributed by atoms with Gasteiger partial charge in [0.25, 0.3) is 0 Å². The number of aromatic amines is 1. The molecular formula is C6H12N6O. The minimum atomic E-state index is -0.533. The predicted octanol–water partition coefficient (Wildman–Crippen LogP) is -1.28. The number of carbonyl (C=O) groups excluding carboxylic acids is 1. The highest BCUT2D eigenvalue weighted by atomic mass is 16.2. The first-order valence-electron chi connectivity index (χ1n) is 3.90. The van der Waals surface area contributed by atoms with Gasteiger partial charge in [0.1, 0.15) is 0 Å². The predicted molar refractivity (Wildman–Crippen MR) is 44.4 cm³/mol. The molecule has 1 aromatic rings. The van der Waals surface area contributed by atoms with Gasteiger partial charge in [-0.2, -0.15) is 5.21 Å². The lowest BCUT2D eigenvalue weighted by Gasteiger charge is -2.11. The summed E-state index contributed by atoms with van der Waals surface area (Å²) in [5.41, 5.74) is 5.36. The second-order valence-electron chi connectivity index (χ2n) is 2.79. The van der Waals surface area contributed by atoms with E-state index >= 15 is 0 Å². The maximum absolute atomic E-state index is 11.1. The molecule has 13 heavy (non-hydrogen) atoms. The Bertz CT molecular complexity index is 269. The number of tetrazole rings is 1. The molecule has 0 saturated carbocycles. The van der Waals surface area contributed by atoms with Crippen LogP contribution in [0.1, 0.15) is 25.7 Å². The summed E-state index contributed by atoms with van der Waals surface area (Å²) in [7, 11) is 0. The monoisotopic (exact) mass is 184 g/mol. The molecule has 1 heterocycles. The number of aromatic nitrogens is 4. The molecule has 1 aromatic heterocycles. The van der Waals surface area contributed by atoms with Crippen molar-refractivity contribution in [1.82, 2.24) is 25.9 Å². The fraction of sp³-hybridized carbons (Fsp3) is 0.667. The Kier molecular flexibility index (Phi) is 2.91.